The van der Waals surface area contributed by atoms with Crippen molar-refractivity contribution < 1.29 is 9.59 Å². The van der Waals surface area contributed by atoms with Gasteiger partial charge >= 0.3 is 0 Å². The molecule has 2 aliphatic carbocycles. The standard InChI is InChI=1S/C16H21N3O2/c17-14(10-1-2-10)9-15(20)18-12-5-7-13(8-6-12)19-16(21)11-3-4-11/h5-8,10-11,14H,1-4,9,17H2,(H,18,20)(H,19,21). The molecule has 0 heterocycles. The lowest BCUT2D eigenvalue weighted by molar-refractivity contribution is -0.117. The van der Waals surface area contributed by atoms with E-state index in [4.69, 9.17) is 5.73 Å². The predicted molar refractivity (Wildman–Crippen MR) is 81.7 cm³/mol. The molecule has 1 aromatic rings. The maximum atomic E-state index is 11.9. The van der Waals surface area contributed by atoms with E-state index in [1.807, 2.05) is 0 Å². The summed E-state index contributed by atoms with van der Waals surface area (Å²) >= 11 is 0. The number of hydrogen-bond donors (Lipinski definition) is 3. The first-order valence-corrected chi connectivity index (χ1v) is 7.58. The Bertz CT molecular complexity index is 533. The Kier molecular flexibility index (Phi) is 3.92. The van der Waals surface area contributed by atoms with Gasteiger partial charge in [-0.15, -0.1) is 0 Å². The lowest BCUT2D eigenvalue weighted by atomic mass is 10.1. The minimum absolute atomic E-state index is 0.0258. The van der Waals surface area contributed by atoms with Crippen LogP contribution in [0.5, 0.6) is 0 Å². The average molecular weight is 287 g/mol. The molecule has 0 radical (unpaired) electrons. The molecule has 3 rings (SSSR count). The SMILES string of the molecule is NC(CC(=O)Nc1ccc(NC(=O)C2CC2)cc1)C1CC1. The number of rotatable bonds is 6. The minimum atomic E-state index is -0.0517. The van der Waals surface area contributed by atoms with Gasteiger partial charge in [-0.05, 0) is 55.9 Å². The second kappa shape index (κ2) is 5.85. The first-order valence-electron chi connectivity index (χ1n) is 7.58. The zero-order chi connectivity index (χ0) is 14.8. The number of carbonyl (C=O) groups is 2. The van der Waals surface area contributed by atoms with E-state index in [0.29, 0.717) is 12.3 Å². The number of nitrogens with two attached hydrogens (primary N) is 1. The summed E-state index contributed by atoms with van der Waals surface area (Å²) in [6.45, 7) is 0. The Labute approximate surface area is 124 Å². The molecule has 0 saturated heterocycles. The van der Waals surface area contributed by atoms with E-state index >= 15 is 0 Å². The van der Waals surface area contributed by atoms with Gasteiger partial charge in [-0.1, -0.05) is 0 Å². The molecule has 2 aliphatic rings. The first-order chi connectivity index (χ1) is 10.1. The summed E-state index contributed by atoms with van der Waals surface area (Å²) in [6.07, 6.45) is 4.63. The molecule has 2 saturated carbocycles. The summed E-state index contributed by atoms with van der Waals surface area (Å²) in [4.78, 5) is 23.5. The van der Waals surface area contributed by atoms with Gasteiger partial charge in [-0.25, -0.2) is 0 Å². The average Bonchev–Trinajstić information content (AvgIpc) is 3.30. The van der Waals surface area contributed by atoms with Gasteiger partial charge in [0.25, 0.3) is 0 Å². The molecule has 21 heavy (non-hydrogen) atoms. The van der Waals surface area contributed by atoms with Gasteiger partial charge in [0, 0.05) is 29.8 Å². The van der Waals surface area contributed by atoms with Crippen LogP contribution in [0, 0.1) is 11.8 Å². The van der Waals surface area contributed by atoms with Gasteiger partial charge in [0.2, 0.25) is 11.8 Å². The van der Waals surface area contributed by atoms with E-state index in [-0.39, 0.29) is 23.8 Å². The van der Waals surface area contributed by atoms with Gasteiger partial charge in [0.1, 0.15) is 0 Å². The van der Waals surface area contributed by atoms with Crippen LogP contribution < -0.4 is 16.4 Å². The maximum Gasteiger partial charge on any atom is 0.227 e. The van der Waals surface area contributed by atoms with Crippen molar-refractivity contribution in [3.05, 3.63) is 24.3 Å². The molecule has 1 aromatic carbocycles. The monoisotopic (exact) mass is 287 g/mol. The Morgan fingerprint density at radius 1 is 1.05 bits per heavy atom. The van der Waals surface area contributed by atoms with Crippen LogP contribution in [0.15, 0.2) is 24.3 Å². The highest BCUT2D eigenvalue weighted by Crippen LogP contribution is 2.33. The molecule has 112 valence electrons. The molecule has 0 bridgehead atoms. The summed E-state index contributed by atoms with van der Waals surface area (Å²) < 4.78 is 0. The Morgan fingerprint density at radius 3 is 2.14 bits per heavy atom. The van der Waals surface area contributed by atoms with Crippen LogP contribution in [-0.2, 0) is 9.59 Å². The number of benzene rings is 1. The second-order valence-electron chi connectivity index (χ2n) is 6.09. The van der Waals surface area contributed by atoms with Crippen molar-refractivity contribution in [2.45, 2.75) is 38.1 Å². The van der Waals surface area contributed by atoms with Crippen molar-refractivity contribution in [3.63, 3.8) is 0 Å². The molecular formula is C16H21N3O2. The van der Waals surface area contributed by atoms with E-state index in [1.165, 1.54) is 0 Å². The zero-order valence-electron chi connectivity index (χ0n) is 12.0. The summed E-state index contributed by atoms with van der Waals surface area (Å²) in [5, 5.41) is 5.71. The predicted octanol–water partition coefficient (Wildman–Crippen LogP) is 2.10. The van der Waals surface area contributed by atoms with Crippen molar-refractivity contribution in [3.8, 4) is 0 Å². The highest BCUT2D eigenvalue weighted by molar-refractivity contribution is 5.95. The van der Waals surface area contributed by atoms with Gasteiger partial charge in [-0.3, -0.25) is 9.59 Å². The molecular weight excluding hydrogens is 266 g/mol. The highest BCUT2D eigenvalue weighted by atomic mass is 16.2. The lowest BCUT2D eigenvalue weighted by Gasteiger charge is -2.11. The Balaban J connectivity index is 1.48. The smallest absolute Gasteiger partial charge is 0.227 e. The summed E-state index contributed by atoms with van der Waals surface area (Å²) in [5.41, 5.74) is 7.43. The molecule has 1 atom stereocenters. The fraction of sp³-hybridized carbons (Fsp3) is 0.500. The van der Waals surface area contributed by atoms with E-state index in [9.17, 15) is 9.59 Å². The molecule has 1 unspecified atom stereocenters. The molecule has 5 heteroatoms. The fourth-order valence-electron chi connectivity index (χ4n) is 2.34. The number of amides is 2. The third-order valence-corrected chi connectivity index (χ3v) is 4.03. The van der Waals surface area contributed by atoms with Crippen molar-refractivity contribution in [2.75, 3.05) is 10.6 Å². The van der Waals surface area contributed by atoms with Crippen molar-refractivity contribution >= 4 is 23.2 Å². The normalized spacial score (nSPS) is 18.9. The van der Waals surface area contributed by atoms with E-state index in [2.05, 4.69) is 10.6 Å². The number of hydrogen-bond acceptors (Lipinski definition) is 3. The van der Waals surface area contributed by atoms with Gasteiger partial charge in [0.05, 0.1) is 0 Å². The lowest BCUT2D eigenvalue weighted by Crippen LogP contribution is -2.28. The molecule has 0 aliphatic heterocycles. The summed E-state index contributed by atoms with van der Waals surface area (Å²) in [7, 11) is 0. The van der Waals surface area contributed by atoms with Crippen LogP contribution in [0.3, 0.4) is 0 Å². The number of anilines is 2. The van der Waals surface area contributed by atoms with E-state index < -0.39 is 0 Å². The van der Waals surface area contributed by atoms with Crippen LogP contribution in [0.4, 0.5) is 11.4 Å². The topological polar surface area (TPSA) is 84.2 Å². The van der Waals surface area contributed by atoms with Crippen molar-refractivity contribution in [1.82, 2.24) is 0 Å². The molecule has 4 N–H and O–H groups in total. The van der Waals surface area contributed by atoms with Crippen LogP contribution in [-0.4, -0.2) is 17.9 Å². The molecule has 0 aromatic heterocycles. The van der Waals surface area contributed by atoms with Crippen LogP contribution in [0.25, 0.3) is 0 Å². The van der Waals surface area contributed by atoms with Crippen molar-refractivity contribution in [2.24, 2.45) is 17.6 Å². The zero-order valence-corrected chi connectivity index (χ0v) is 12.0. The molecule has 2 amide bonds. The fourth-order valence-corrected chi connectivity index (χ4v) is 2.34. The van der Waals surface area contributed by atoms with Crippen LogP contribution in [0.2, 0.25) is 0 Å². The van der Waals surface area contributed by atoms with Gasteiger partial charge in [0.15, 0.2) is 0 Å². The Morgan fingerprint density at radius 2 is 1.62 bits per heavy atom. The van der Waals surface area contributed by atoms with Gasteiger partial charge in [-0.2, -0.15) is 0 Å². The third-order valence-electron chi connectivity index (χ3n) is 4.03. The molecule has 2 fully saturated rings. The number of nitrogens with one attached hydrogen (secondary N) is 2. The quantitative estimate of drug-likeness (QED) is 0.749. The summed E-state index contributed by atoms with van der Waals surface area (Å²) in [6, 6.07) is 7.17. The highest BCUT2D eigenvalue weighted by Gasteiger charge is 2.30. The van der Waals surface area contributed by atoms with Gasteiger partial charge < -0.3 is 16.4 Å². The maximum absolute atomic E-state index is 11.9. The van der Waals surface area contributed by atoms with Crippen LogP contribution >= 0.6 is 0 Å². The van der Waals surface area contributed by atoms with E-state index in [0.717, 1.165) is 37.1 Å². The van der Waals surface area contributed by atoms with Crippen LogP contribution in [0.1, 0.15) is 32.1 Å². The largest absolute Gasteiger partial charge is 0.327 e. The third kappa shape index (κ3) is 4.04. The second-order valence-corrected chi connectivity index (χ2v) is 6.09. The Hall–Kier alpha value is -1.88. The minimum Gasteiger partial charge on any atom is -0.327 e. The number of carbonyl (C=O) groups excluding carboxylic acids is 2. The van der Waals surface area contributed by atoms with E-state index in [1.54, 1.807) is 24.3 Å². The summed E-state index contributed by atoms with van der Waals surface area (Å²) in [5.74, 6) is 0.746. The van der Waals surface area contributed by atoms with Crippen molar-refractivity contribution in [1.29, 1.82) is 0 Å². The first kappa shape index (κ1) is 14.1. The molecule has 5 nitrogen and oxygen atoms in total. The molecule has 0 spiro atoms.